The van der Waals surface area contributed by atoms with Gasteiger partial charge in [-0.15, -0.1) is 0 Å². The molecule has 0 aliphatic carbocycles. The highest BCUT2D eigenvalue weighted by molar-refractivity contribution is 5.91. The summed E-state index contributed by atoms with van der Waals surface area (Å²) in [5, 5.41) is 11.3. The second-order valence-corrected chi connectivity index (χ2v) is 3.18. The second kappa shape index (κ2) is 4.81. The molecule has 4 heteroatoms. The largest absolute Gasteiger partial charge is 0.456 e. The van der Waals surface area contributed by atoms with E-state index in [-0.39, 0.29) is 18.6 Å². The molecule has 0 aromatic carbocycles. The molecule has 4 nitrogen and oxygen atoms in total. The van der Waals surface area contributed by atoms with Gasteiger partial charge in [-0.05, 0) is 19.1 Å². The predicted molar refractivity (Wildman–Crippen MR) is 52.1 cm³/mol. The van der Waals surface area contributed by atoms with Crippen LogP contribution in [0.4, 0.5) is 0 Å². The first-order chi connectivity index (χ1) is 6.67. The number of rotatable bonds is 4. The summed E-state index contributed by atoms with van der Waals surface area (Å²) in [5.74, 6) is 0.792. The van der Waals surface area contributed by atoms with Crippen LogP contribution >= 0.6 is 0 Å². The normalized spacial score (nSPS) is 12.5. The average molecular weight is 197 g/mol. The van der Waals surface area contributed by atoms with Crippen molar-refractivity contribution < 1.29 is 14.3 Å². The molecule has 0 saturated carbocycles. The van der Waals surface area contributed by atoms with E-state index in [0.717, 1.165) is 12.2 Å². The van der Waals surface area contributed by atoms with Crippen LogP contribution in [0.15, 0.2) is 16.5 Å². The van der Waals surface area contributed by atoms with Gasteiger partial charge in [-0.1, -0.05) is 6.92 Å². The Morgan fingerprint density at radius 1 is 1.64 bits per heavy atom. The highest BCUT2D eigenvalue weighted by atomic mass is 16.3. The first-order valence-corrected chi connectivity index (χ1v) is 4.67. The Morgan fingerprint density at radius 3 is 2.86 bits per heavy atom. The van der Waals surface area contributed by atoms with E-state index >= 15 is 0 Å². The summed E-state index contributed by atoms with van der Waals surface area (Å²) in [6.07, 6.45) is 0.767. The summed E-state index contributed by atoms with van der Waals surface area (Å²) >= 11 is 0. The zero-order chi connectivity index (χ0) is 10.6. The maximum atomic E-state index is 11.4. The molecular weight excluding hydrogens is 182 g/mol. The van der Waals surface area contributed by atoms with Gasteiger partial charge in [0.15, 0.2) is 5.76 Å². The molecule has 0 aliphatic heterocycles. The van der Waals surface area contributed by atoms with E-state index in [0.29, 0.717) is 5.76 Å². The van der Waals surface area contributed by atoms with Crippen molar-refractivity contribution >= 4 is 5.91 Å². The maximum absolute atomic E-state index is 11.4. The third-order valence-electron chi connectivity index (χ3n) is 1.89. The number of hydrogen-bond donors (Lipinski definition) is 2. The van der Waals surface area contributed by atoms with Crippen LogP contribution in [0.2, 0.25) is 0 Å². The molecule has 2 N–H and O–H groups in total. The highest BCUT2D eigenvalue weighted by Crippen LogP contribution is 2.08. The Balaban J connectivity index is 2.60. The number of carbonyl (C=O) groups excluding carboxylic acids is 1. The fraction of sp³-hybridized carbons (Fsp3) is 0.500. The van der Waals surface area contributed by atoms with E-state index < -0.39 is 0 Å². The molecule has 0 spiro atoms. The molecule has 14 heavy (non-hydrogen) atoms. The Kier molecular flexibility index (Phi) is 3.71. The molecule has 0 fully saturated rings. The smallest absolute Gasteiger partial charge is 0.287 e. The van der Waals surface area contributed by atoms with Crippen molar-refractivity contribution in [2.45, 2.75) is 26.3 Å². The lowest BCUT2D eigenvalue weighted by atomic mass is 10.3. The van der Waals surface area contributed by atoms with Crippen LogP contribution in [0.5, 0.6) is 0 Å². The third kappa shape index (κ3) is 2.60. The Bertz CT molecular complexity index is 306. The average Bonchev–Trinajstić information content (AvgIpc) is 2.65. The number of amides is 1. The number of furan rings is 1. The lowest BCUT2D eigenvalue weighted by Gasteiger charge is -2.08. The van der Waals surface area contributed by atoms with E-state index in [9.17, 15) is 4.79 Å². The van der Waals surface area contributed by atoms with Crippen LogP contribution in [-0.2, 0) is 6.42 Å². The van der Waals surface area contributed by atoms with E-state index in [4.69, 9.17) is 9.52 Å². The fourth-order valence-corrected chi connectivity index (χ4v) is 1.03. The molecule has 0 radical (unpaired) electrons. The minimum Gasteiger partial charge on any atom is -0.456 e. The molecule has 1 aromatic rings. The van der Waals surface area contributed by atoms with Crippen molar-refractivity contribution in [1.82, 2.24) is 5.32 Å². The fourth-order valence-electron chi connectivity index (χ4n) is 1.03. The van der Waals surface area contributed by atoms with Gasteiger partial charge in [0.2, 0.25) is 0 Å². The Labute approximate surface area is 82.9 Å². The number of carbonyl (C=O) groups is 1. The van der Waals surface area contributed by atoms with E-state index in [2.05, 4.69) is 5.32 Å². The number of nitrogens with one attached hydrogen (secondary N) is 1. The quantitative estimate of drug-likeness (QED) is 0.755. The lowest BCUT2D eigenvalue weighted by Crippen LogP contribution is -2.34. The standard InChI is InChI=1S/C10H15NO3/c1-3-8-4-5-9(14-8)10(13)11-7(2)6-12/h4-5,7,12H,3,6H2,1-2H3,(H,11,13)/t7-/m0/s1. The first kappa shape index (κ1) is 10.8. The van der Waals surface area contributed by atoms with Crippen molar-refractivity contribution in [3.05, 3.63) is 23.7 Å². The van der Waals surface area contributed by atoms with Crippen LogP contribution in [-0.4, -0.2) is 23.7 Å². The topological polar surface area (TPSA) is 62.5 Å². The molecule has 1 rings (SSSR count). The molecule has 0 unspecified atom stereocenters. The minimum absolute atomic E-state index is 0.0763. The summed E-state index contributed by atoms with van der Waals surface area (Å²) in [7, 11) is 0. The molecular formula is C10H15NO3. The van der Waals surface area contributed by atoms with E-state index in [1.807, 2.05) is 6.92 Å². The molecule has 1 heterocycles. The summed E-state index contributed by atoms with van der Waals surface area (Å²) in [6, 6.07) is 3.16. The van der Waals surface area contributed by atoms with Gasteiger partial charge in [0.05, 0.1) is 6.61 Å². The number of aliphatic hydroxyl groups excluding tert-OH is 1. The molecule has 1 amide bonds. The number of hydrogen-bond acceptors (Lipinski definition) is 3. The number of aliphatic hydroxyl groups is 1. The monoisotopic (exact) mass is 197 g/mol. The SMILES string of the molecule is CCc1ccc(C(=O)N[C@@H](C)CO)o1. The van der Waals surface area contributed by atoms with Crippen LogP contribution in [0, 0.1) is 0 Å². The van der Waals surface area contributed by atoms with E-state index in [1.165, 1.54) is 0 Å². The first-order valence-electron chi connectivity index (χ1n) is 4.67. The van der Waals surface area contributed by atoms with Gasteiger partial charge in [0.1, 0.15) is 5.76 Å². The second-order valence-electron chi connectivity index (χ2n) is 3.18. The van der Waals surface area contributed by atoms with Gasteiger partial charge in [0.25, 0.3) is 5.91 Å². The summed E-state index contributed by atoms with van der Waals surface area (Å²) < 4.78 is 5.25. The minimum atomic E-state index is -0.286. The zero-order valence-electron chi connectivity index (χ0n) is 8.41. The molecule has 0 aliphatic rings. The third-order valence-corrected chi connectivity index (χ3v) is 1.89. The number of aryl methyl sites for hydroxylation is 1. The van der Waals surface area contributed by atoms with Crippen molar-refractivity contribution in [2.75, 3.05) is 6.61 Å². The molecule has 1 aromatic heterocycles. The molecule has 0 saturated heterocycles. The van der Waals surface area contributed by atoms with Gasteiger partial charge < -0.3 is 14.8 Å². The van der Waals surface area contributed by atoms with Crippen molar-refractivity contribution in [2.24, 2.45) is 0 Å². The molecule has 0 bridgehead atoms. The van der Waals surface area contributed by atoms with Crippen LogP contribution < -0.4 is 5.32 Å². The van der Waals surface area contributed by atoms with E-state index in [1.54, 1.807) is 19.1 Å². The van der Waals surface area contributed by atoms with Gasteiger partial charge in [-0.25, -0.2) is 0 Å². The zero-order valence-corrected chi connectivity index (χ0v) is 8.41. The van der Waals surface area contributed by atoms with Crippen molar-refractivity contribution in [3.63, 3.8) is 0 Å². The van der Waals surface area contributed by atoms with Crippen LogP contribution in [0.1, 0.15) is 30.2 Å². The lowest BCUT2D eigenvalue weighted by molar-refractivity contribution is 0.0892. The van der Waals surface area contributed by atoms with Gasteiger partial charge in [-0.3, -0.25) is 4.79 Å². The van der Waals surface area contributed by atoms with Gasteiger partial charge in [0, 0.05) is 12.5 Å². The van der Waals surface area contributed by atoms with Gasteiger partial charge in [-0.2, -0.15) is 0 Å². The summed E-state index contributed by atoms with van der Waals surface area (Å²) in [4.78, 5) is 11.4. The maximum Gasteiger partial charge on any atom is 0.287 e. The summed E-state index contributed by atoms with van der Waals surface area (Å²) in [6.45, 7) is 3.60. The molecule has 1 atom stereocenters. The molecule has 78 valence electrons. The summed E-state index contributed by atoms with van der Waals surface area (Å²) in [5.41, 5.74) is 0. The van der Waals surface area contributed by atoms with Gasteiger partial charge >= 0.3 is 0 Å². The highest BCUT2D eigenvalue weighted by Gasteiger charge is 2.12. The predicted octanol–water partition coefficient (Wildman–Crippen LogP) is 0.953. The van der Waals surface area contributed by atoms with Crippen LogP contribution in [0.3, 0.4) is 0 Å². The Hall–Kier alpha value is -1.29. The van der Waals surface area contributed by atoms with Crippen molar-refractivity contribution in [1.29, 1.82) is 0 Å². The van der Waals surface area contributed by atoms with Crippen molar-refractivity contribution in [3.8, 4) is 0 Å². The van der Waals surface area contributed by atoms with Crippen LogP contribution in [0.25, 0.3) is 0 Å². The Morgan fingerprint density at radius 2 is 2.36 bits per heavy atom.